The van der Waals surface area contributed by atoms with Crippen molar-refractivity contribution in [3.63, 3.8) is 0 Å². The zero-order valence-corrected chi connectivity index (χ0v) is 14.6. The lowest BCUT2D eigenvalue weighted by Crippen LogP contribution is -2.09. The second kappa shape index (κ2) is 8.80. The van der Waals surface area contributed by atoms with Crippen LogP contribution in [0, 0.1) is 5.82 Å². The van der Waals surface area contributed by atoms with Gasteiger partial charge in [-0.15, -0.1) is 0 Å². The first-order valence-corrected chi connectivity index (χ1v) is 8.42. The summed E-state index contributed by atoms with van der Waals surface area (Å²) in [6.45, 7) is 1.26. The van der Waals surface area contributed by atoms with Crippen LogP contribution < -0.4 is 15.4 Å². The Bertz CT molecular complexity index is 839. The van der Waals surface area contributed by atoms with Gasteiger partial charge in [-0.05, 0) is 41.8 Å². The lowest BCUT2D eigenvalue weighted by Gasteiger charge is -2.10. The van der Waals surface area contributed by atoms with E-state index in [1.807, 2.05) is 24.3 Å². The summed E-state index contributed by atoms with van der Waals surface area (Å²) in [5, 5.41) is 6.44. The van der Waals surface area contributed by atoms with Crippen LogP contribution >= 0.6 is 0 Å². The summed E-state index contributed by atoms with van der Waals surface area (Å²) in [4.78, 5) is 8.65. The van der Waals surface area contributed by atoms with Gasteiger partial charge in [-0.1, -0.05) is 30.3 Å². The molecule has 0 saturated carbocycles. The molecule has 0 unspecified atom stereocenters. The highest BCUT2D eigenvalue weighted by Gasteiger charge is 2.03. The Hall–Kier alpha value is -3.15. The highest BCUT2D eigenvalue weighted by Crippen LogP contribution is 2.18. The van der Waals surface area contributed by atoms with Crippen LogP contribution in [0.25, 0.3) is 0 Å². The average Bonchev–Trinajstić information content (AvgIpc) is 2.68. The average molecular weight is 352 g/mol. The van der Waals surface area contributed by atoms with Crippen LogP contribution in [-0.2, 0) is 13.0 Å². The summed E-state index contributed by atoms with van der Waals surface area (Å²) in [5.74, 6) is 1.91. The maximum absolute atomic E-state index is 12.9. The van der Waals surface area contributed by atoms with Crippen LogP contribution in [0.2, 0.25) is 0 Å². The first kappa shape index (κ1) is 17.7. The molecule has 0 aliphatic carbocycles. The summed E-state index contributed by atoms with van der Waals surface area (Å²) < 4.78 is 18.3. The molecule has 134 valence electrons. The van der Waals surface area contributed by atoms with Crippen LogP contribution in [0.5, 0.6) is 5.75 Å². The van der Waals surface area contributed by atoms with Gasteiger partial charge in [-0.2, -0.15) is 4.98 Å². The highest BCUT2D eigenvalue weighted by atomic mass is 19.1. The first-order chi connectivity index (χ1) is 12.7. The van der Waals surface area contributed by atoms with Gasteiger partial charge in [0, 0.05) is 19.3 Å². The lowest BCUT2D eigenvalue weighted by molar-refractivity contribution is 0.410. The summed E-state index contributed by atoms with van der Waals surface area (Å²) in [6, 6.07) is 16.1. The van der Waals surface area contributed by atoms with Gasteiger partial charge in [0.2, 0.25) is 5.95 Å². The summed E-state index contributed by atoms with van der Waals surface area (Å²) in [5.41, 5.74) is 2.11. The Morgan fingerprint density at radius 2 is 1.81 bits per heavy atom. The minimum Gasteiger partial charge on any atom is -0.496 e. The molecule has 0 spiro atoms. The van der Waals surface area contributed by atoms with Gasteiger partial charge < -0.3 is 15.4 Å². The van der Waals surface area contributed by atoms with Crippen LogP contribution in [0.1, 0.15) is 11.1 Å². The van der Waals surface area contributed by atoms with E-state index in [0.717, 1.165) is 35.7 Å². The summed E-state index contributed by atoms with van der Waals surface area (Å²) >= 11 is 0. The van der Waals surface area contributed by atoms with Gasteiger partial charge in [0.05, 0.1) is 7.11 Å². The Kier molecular flexibility index (Phi) is 5.98. The van der Waals surface area contributed by atoms with Crippen LogP contribution in [0.15, 0.2) is 60.8 Å². The van der Waals surface area contributed by atoms with Crippen LogP contribution in [-0.4, -0.2) is 23.6 Å². The SMILES string of the molecule is COc1ccccc1CCNc1ccnc(NCc2ccc(F)cc2)n1. The van der Waals surface area contributed by atoms with Crippen LogP contribution in [0.3, 0.4) is 0 Å². The van der Waals surface area contributed by atoms with E-state index in [1.165, 1.54) is 12.1 Å². The van der Waals surface area contributed by atoms with Crippen LogP contribution in [0.4, 0.5) is 16.2 Å². The highest BCUT2D eigenvalue weighted by molar-refractivity contribution is 5.41. The number of hydrogen-bond donors (Lipinski definition) is 2. The molecule has 0 fully saturated rings. The van der Waals surface area contributed by atoms with Crippen molar-refractivity contribution in [2.24, 2.45) is 0 Å². The van der Waals surface area contributed by atoms with Gasteiger partial charge in [-0.25, -0.2) is 9.37 Å². The molecule has 0 saturated heterocycles. The number of rotatable bonds is 8. The third kappa shape index (κ3) is 4.92. The standard InChI is InChI=1S/C20H21FN4O/c1-26-18-5-3-2-4-16(18)10-12-22-19-11-13-23-20(25-19)24-14-15-6-8-17(21)9-7-15/h2-9,11,13H,10,12,14H2,1H3,(H2,22,23,24,25). The van der Waals surface area contributed by atoms with Crippen molar-refractivity contribution in [2.75, 3.05) is 24.3 Å². The third-order valence-corrected chi connectivity index (χ3v) is 3.91. The smallest absolute Gasteiger partial charge is 0.224 e. The zero-order valence-electron chi connectivity index (χ0n) is 14.6. The third-order valence-electron chi connectivity index (χ3n) is 3.91. The van der Waals surface area contributed by atoms with Crippen molar-refractivity contribution < 1.29 is 9.13 Å². The van der Waals surface area contributed by atoms with Crippen molar-refractivity contribution in [2.45, 2.75) is 13.0 Å². The maximum atomic E-state index is 12.9. The molecule has 0 bridgehead atoms. The minimum atomic E-state index is -0.244. The number of nitrogens with one attached hydrogen (secondary N) is 2. The maximum Gasteiger partial charge on any atom is 0.224 e. The van der Waals surface area contributed by atoms with E-state index in [0.29, 0.717) is 12.5 Å². The fraction of sp³-hybridized carbons (Fsp3) is 0.200. The van der Waals surface area contributed by atoms with Gasteiger partial charge >= 0.3 is 0 Å². The van der Waals surface area contributed by atoms with Crippen molar-refractivity contribution in [1.29, 1.82) is 0 Å². The molecule has 0 atom stereocenters. The molecule has 5 nitrogen and oxygen atoms in total. The quantitative estimate of drug-likeness (QED) is 0.644. The molecular weight excluding hydrogens is 331 g/mol. The second-order valence-corrected chi connectivity index (χ2v) is 5.73. The number of nitrogens with zero attached hydrogens (tertiary/aromatic N) is 2. The van der Waals surface area contributed by atoms with E-state index in [-0.39, 0.29) is 5.82 Å². The minimum absolute atomic E-state index is 0.244. The number of aromatic nitrogens is 2. The molecule has 3 rings (SSSR count). The number of hydrogen-bond acceptors (Lipinski definition) is 5. The van der Waals surface area contributed by atoms with Crippen molar-refractivity contribution in [1.82, 2.24) is 9.97 Å². The molecular formula is C20H21FN4O. The normalized spacial score (nSPS) is 10.4. The number of halogens is 1. The van der Waals surface area contributed by atoms with E-state index in [2.05, 4.69) is 26.7 Å². The first-order valence-electron chi connectivity index (χ1n) is 8.42. The summed E-state index contributed by atoms with van der Waals surface area (Å²) in [7, 11) is 1.68. The Balaban J connectivity index is 1.53. The molecule has 0 aliphatic heterocycles. The Morgan fingerprint density at radius 3 is 2.62 bits per heavy atom. The number of methoxy groups -OCH3 is 1. The largest absolute Gasteiger partial charge is 0.496 e. The number of ether oxygens (including phenoxy) is 1. The molecule has 0 aliphatic rings. The van der Waals surface area contributed by atoms with E-state index in [4.69, 9.17) is 4.74 Å². The Labute approximate surface area is 152 Å². The molecule has 0 amide bonds. The predicted molar refractivity (Wildman–Crippen MR) is 101 cm³/mol. The number of para-hydroxylation sites is 1. The Morgan fingerprint density at radius 1 is 1.00 bits per heavy atom. The lowest BCUT2D eigenvalue weighted by atomic mass is 10.1. The molecule has 3 aromatic rings. The van der Waals surface area contributed by atoms with Gasteiger partial charge in [0.15, 0.2) is 0 Å². The van der Waals surface area contributed by atoms with E-state index in [1.54, 1.807) is 25.4 Å². The van der Waals surface area contributed by atoms with Gasteiger partial charge in [0.25, 0.3) is 0 Å². The molecule has 1 heterocycles. The predicted octanol–water partition coefficient (Wildman–Crippen LogP) is 3.89. The molecule has 26 heavy (non-hydrogen) atoms. The molecule has 2 aromatic carbocycles. The second-order valence-electron chi connectivity index (χ2n) is 5.73. The molecule has 0 radical (unpaired) electrons. The van der Waals surface area contributed by atoms with Crippen molar-refractivity contribution >= 4 is 11.8 Å². The van der Waals surface area contributed by atoms with E-state index in [9.17, 15) is 4.39 Å². The molecule has 1 aromatic heterocycles. The van der Waals surface area contributed by atoms with Crippen molar-refractivity contribution in [3.8, 4) is 5.75 Å². The van der Waals surface area contributed by atoms with Crippen molar-refractivity contribution in [3.05, 3.63) is 77.7 Å². The fourth-order valence-electron chi connectivity index (χ4n) is 2.56. The fourth-order valence-corrected chi connectivity index (χ4v) is 2.56. The monoisotopic (exact) mass is 352 g/mol. The topological polar surface area (TPSA) is 59.1 Å². The summed E-state index contributed by atoms with van der Waals surface area (Å²) in [6.07, 6.45) is 2.53. The zero-order chi connectivity index (χ0) is 18.2. The number of benzene rings is 2. The van der Waals surface area contributed by atoms with E-state index < -0.39 is 0 Å². The number of anilines is 2. The van der Waals surface area contributed by atoms with E-state index >= 15 is 0 Å². The van der Waals surface area contributed by atoms with Gasteiger partial charge in [-0.3, -0.25) is 0 Å². The molecule has 6 heteroatoms. The van der Waals surface area contributed by atoms with Gasteiger partial charge in [0.1, 0.15) is 17.4 Å². The molecule has 2 N–H and O–H groups in total.